The second-order valence-electron chi connectivity index (χ2n) is 7.34. The number of hydrogen-bond acceptors (Lipinski definition) is 4. The summed E-state index contributed by atoms with van der Waals surface area (Å²) in [6.45, 7) is 7.24. The van der Waals surface area contributed by atoms with E-state index in [4.69, 9.17) is 0 Å². The van der Waals surface area contributed by atoms with Crippen molar-refractivity contribution in [2.45, 2.75) is 45.2 Å². The second-order valence-corrected chi connectivity index (χ2v) is 7.34. The molecule has 1 aromatic heterocycles. The number of rotatable bonds is 5. The molecule has 1 fully saturated rings. The lowest BCUT2D eigenvalue weighted by molar-refractivity contribution is -0.126. The Morgan fingerprint density at radius 2 is 1.96 bits per heavy atom. The van der Waals surface area contributed by atoms with Gasteiger partial charge in [0.1, 0.15) is 5.54 Å². The molecule has 3 N–H and O–H groups in total. The zero-order chi connectivity index (χ0) is 19.4. The number of carbonyl (C=O) groups excluding carboxylic acids is 2. The lowest BCUT2D eigenvalue weighted by Crippen LogP contribution is -2.52. The molecule has 1 aliphatic rings. The Hall–Kier alpha value is -2.38. The van der Waals surface area contributed by atoms with Crippen LogP contribution in [0.25, 0.3) is 0 Å². The monoisotopic (exact) mass is 405 g/mol. The molecule has 0 atom stereocenters. The highest BCUT2D eigenvalue weighted by atomic mass is 35.5. The van der Waals surface area contributed by atoms with Gasteiger partial charge in [0, 0.05) is 29.7 Å². The fourth-order valence-corrected chi connectivity index (χ4v) is 3.45. The van der Waals surface area contributed by atoms with Gasteiger partial charge in [0.15, 0.2) is 0 Å². The van der Waals surface area contributed by atoms with Gasteiger partial charge in [-0.25, -0.2) is 0 Å². The van der Waals surface area contributed by atoms with E-state index in [9.17, 15) is 9.59 Å². The minimum absolute atomic E-state index is 0. The maximum absolute atomic E-state index is 13.2. The fraction of sp³-hybridized carbons (Fsp3) is 0.450. The van der Waals surface area contributed by atoms with Gasteiger partial charge >= 0.3 is 0 Å². The van der Waals surface area contributed by atoms with Crippen LogP contribution in [0.1, 0.15) is 42.6 Å². The number of amides is 2. The molecule has 0 bridgehead atoms. The van der Waals surface area contributed by atoms with Crippen molar-refractivity contribution < 1.29 is 9.59 Å². The number of carbonyl (C=O) groups is 2. The van der Waals surface area contributed by atoms with Crippen LogP contribution < -0.4 is 16.0 Å². The molecule has 7 nitrogen and oxygen atoms in total. The number of nitrogens with one attached hydrogen (secondary N) is 3. The zero-order valence-corrected chi connectivity index (χ0v) is 17.3. The topological polar surface area (TPSA) is 88.1 Å². The SMILES string of the molecule is Cc1ccc(NC(=O)C2(n3cccn3)CCNCC2)cc1C(=O)NC(C)C.Cl. The molecule has 0 spiro atoms. The first-order valence-electron chi connectivity index (χ1n) is 9.36. The standard InChI is InChI=1S/C20H27N5O2.ClH/c1-14(2)23-18(26)17-13-16(6-5-15(17)3)24-19(27)20(7-10-21-11-8-20)25-12-4-9-22-25;/h4-6,9,12-14,21H,7-8,10-11H2,1-3H3,(H,23,26)(H,24,27);1H. The van der Waals surface area contributed by atoms with E-state index < -0.39 is 5.54 Å². The number of aryl methyl sites for hydroxylation is 1. The van der Waals surface area contributed by atoms with Crippen molar-refractivity contribution in [3.05, 3.63) is 47.8 Å². The van der Waals surface area contributed by atoms with E-state index in [1.165, 1.54) is 0 Å². The van der Waals surface area contributed by atoms with Crippen LogP contribution >= 0.6 is 12.4 Å². The molecule has 2 heterocycles. The predicted molar refractivity (Wildman–Crippen MR) is 112 cm³/mol. The molecule has 0 saturated carbocycles. The Bertz CT molecular complexity index is 814. The Balaban J connectivity index is 0.00000280. The van der Waals surface area contributed by atoms with Crippen molar-refractivity contribution in [1.82, 2.24) is 20.4 Å². The molecule has 8 heteroatoms. The minimum atomic E-state index is -0.722. The summed E-state index contributed by atoms with van der Waals surface area (Å²) < 4.78 is 1.75. The van der Waals surface area contributed by atoms with Crippen LogP contribution in [0.15, 0.2) is 36.7 Å². The Morgan fingerprint density at radius 3 is 2.57 bits per heavy atom. The van der Waals surface area contributed by atoms with Gasteiger partial charge in [0.05, 0.1) is 0 Å². The van der Waals surface area contributed by atoms with Gasteiger partial charge in [-0.05, 0) is 70.5 Å². The van der Waals surface area contributed by atoms with Crippen molar-refractivity contribution in [1.29, 1.82) is 0 Å². The number of piperidine rings is 1. The molecule has 2 aromatic rings. The van der Waals surface area contributed by atoms with Gasteiger partial charge in [0.2, 0.25) is 0 Å². The molecule has 28 heavy (non-hydrogen) atoms. The summed E-state index contributed by atoms with van der Waals surface area (Å²) in [5.74, 6) is -0.242. The first-order valence-corrected chi connectivity index (χ1v) is 9.36. The Morgan fingerprint density at radius 1 is 1.25 bits per heavy atom. The van der Waals surface area contributed by atoms with E-state index in [-0.39, 0.29) is 30.3 Å². The average Bonchev–Trinajstić information content (AvgIpc) is 3.18. The number of nitrogens with zero attached hydrogens (tertiary/aromatic N) is 2. The van der Waals surface area contributed by atoms with E-state index >= 15 is 0 Å². The third-order valence-corrected chi connectivity index (χ3v) is 4.96. The molecule has 3 rings (SSSR count). The number of benzene rings is 1. The molecule has 1 aromatic carbocycles. The molecule has 152 valence electrons. The smallest absolute Gasteiger partial charge is 0.252 e. The van der Waals surface area contributed by atoms with Crippen LogP contribution in [0.3, 0.4) is 0 Å². The van der Waals surface area contributed by atoms with Crippen LogP contribution in [0.2, 0.25) is 0 Å². The largest absolute Gasteiger partial charge is 0.350 e. The molecule has 0 aliphatic carbocycles. The van der Waals surface area contributed by atoms with Crippen molar-refractivity contribution in [2.75, 3.05) is 18.4 Å². The van der Waals surface area contributed by atoms with Gasteiger partial charge in [0.25, 0.3) is 11.8 Å². The molecule has 2 amide bonds. The summed E-state index contributed by atoms with van der Waals surface area (Å²) in [5.41, 5.74) is 1.33. The van der Waals surface area contributed by atoms with Gasteiger partial charge in [-0.15, -0.1) is 12.4 Å². The molecule has 0 unspecified atom stereocenters. The molecule has 1 aliphatic heterocycles. The molecular formula is C20H28ClN5O2. The number of halogens is 1. The normalized spacial score (nSPS) is 15.6. The highest BCUT2D eigenvalue weighted by Gasteiger charge is 2.42. The third kappa shape index (κ3) is 4.54. The van der Waals surface area contributed by atoms with Gasteiger partial charge in [-0.3, -0.25) is 14.3 Å². The summed E-state index contributed by atoms with van der Waals surface area (Å²) in [6, 6.07) is 7.30. The van der Waals surface area contributed by atoms with E-state index in [1.807, 2.05) is 45.2 Å². The van der Waals surface area contributed by atoms with Crippen LogP contribution in [0.4, 0.5) is 5.69 Å². The third-order valence-electron chi connectivity index (χ3n) is 4.96. The van der Waals surface area contributed by atoms with E-state index in [0.29, 0.717) is 24.1 Å². The maximum atomic E-state index is 13.2. The minimum Gasteiger partial charge on any atom is -0.350 e. The van der Waals surface area contributed by atoms with Crippen LogP contribution in [0, 0.1) is 6.92 Å². The first-order chi connectivity index (χ1) is 12.9. The lowest BCUT2D eigenvalue weighted by Gasteiger charge is -2.36. The molecule has 1 saturated heterocycles. The summed E-state index contributed by atoms with van der Waals surface area (Å²) in [5, 5.41) is 13.5. The number of anilines is 1. The van der Waals surface area contributed by atoms with E-state index in [2.05, 4.69) is 21.0 Å². The first kappa shape index (κ1) is 21.9. The average molecular weight is 406 g/mol. The van der Waals surface area contributed by atoms with Crippen molar-refractivity contribution in [2.24, 2.45) is 0 Å². The van der Waals surface area contributed by atoms with Crippen LogP contribution in [0.5, 0.6) is 0 Å². The quantitative estimate of drug-likeness (QED) is 0.713. The van der Waals surface area contributed by atoms with Crippen LogP contribution in [-0.2, 0) is 10.3 Å². The van der Waals surface area contributed by atoms with Crippen molar-refractivity contribution in [3.8, 4) is 0 Å². The Labute approximate surface area is 171 Å². The lowest BCUT2D eigenvalue weighted by atomic mass is 9.87. The van der Waals surface area contributed by atoms with Crippen molar-refractivity contribution >= 4 is 29.9 Å². The number of hydrogen-bond donors (Lipinski definition) is 3. The molecular weight excluding hydrogens is 378 g/mol. The summed E-state index contributed by atoms with van der Waals surface area (Å²) in [4.78, 5) is 25.7. The van der Waals surface area contributed by atoms with Gasteiger partial charge in [-0.1, -0.05) is 6.07 Å². The van der Waals surface area contributed by atoms with E-state index in [0.717, 1.165) is 18.7 Å². The zero-order valence-electron chi connectivity index (χ0n) is 16.5. The summed E-state index contributed by atoms with van der Waals surface area (Å²) in [7, 11) is 0. The summed E-state index contributed by atoms with van der Waals surface area (Å²) in [6.07, 6.45) is 4.85. The van der Waals surface area contributed by atoms with Crippen LogP contribution in [-0.4, -0.2) is 40.7 Å². The second kappa shape index (κ2) is 9.21. The maximum Gasteiger partial charge on any atom is 0.252 e. The molecule has 0 radical (unpaired) electrons. The predicted octanol–water partition coefficient (Wildman–Crippen LogP) is 2.47. The van der Waals surface area contributed by atoms with E-state index in [1.54, 1.807) is 16.9 Å². The highest BCUT2D eigenvalue weighted by molar-refractivity contribution is 6.00. The fourth-order valence-electron chi connectivity index (χ4n) is 3.45. The van der Waals surface area contributed by atoms with Gasteiger partial charge in [-0.2, -0.15) is 5.10 Å². The summed E-state index contributed by atoms with van der Waals surface area (Å²) >= 11 is 0. The number of aromatic nitrogens is 2. The van der Waals surface area contributed by atoms with Crippen molar-refractivity contribution in [3.63, 3.8) is 0 Å². The highest BCUT2D eigenvalue weighted by Crippen LogP contribution is 2.29. The van der Waals surface area contributed by atoms with Gasteiger partial charge < -0.3 is 16.0 Å². The Kier molecular flexibility index (Phi) is 7.21.